The molecule has 3 aromatic carbocycles. The molecule has 0 saturated heterocycles. The molecule has 1 fully saturated rings. The van der Waals surface area contributed by atoms with Crippen molar-refractivity contribution >= 4 is 58.2 Å². The van der Waals surface area contributed by atoms with Crippen molar-refractivity contribution in [2.24, 2.45) is 5.92 Å². The zero-order valence-electron chi connectivity index (χ0n) is 23.3. The summed E-state index contributed by atoms with van der Waals surface area (Å²) in [6.45, 7) is 4.55. The van der Waals surface area contributed by atoms with Gasteiger partial charge in [0.1, 0.15) is 33.1 Å². The van der Waals surface area contributed by atoms with Crippen LogP contribution < -0.4 is 16.0 Å². The van der Waals surface area contributed by atoms with Crippen molar-refractivity contribution in [3.05, 3.63) is 88.5 Å². The Kier molecular flexibility index (Phi) is 9.06. The number of ether oxygens (including phenoxy) is 1. The van der Waals surface area contributed by atoms with E-state index in [1.165, 1.54) is 20.8 Å². The molecule has 0 radical (unpaired) electrons. The minimum absolute atomic E-state index is 0.191. The second-order valence-corrected chi connectivity index (χ2v) is 12.4. The lowest BCUT2D eigenvalue weighted by molar-refractivity contribution is -0.137. The number of alkyl halides is 5. The average molecular weight is 680 g/mol. The smallest absolute Gasteiger partial charge is 0.416 e. The van der Waals surface area contributed by atoms with E-state index in [4.69, 9.17) is 27.9 Å². The molecule has 3 N–H and O–H groups in total. The van der Waals surface area contributed by atoms with Crippen LogP contribution >= 0.6 is 23.2 Å². The molecular formula is C29H22Cl2F7N3O4. The van der Waals surface area contributed by atoms with Gasteiger partial charge in [-0.25, -0.2) is 22.4 Å². The molecule has 3 aromatic rings. The summed E-state index contributed by atoms with van der Waals surface area (Å²) in [5.41, 5.74) is -5.09. The molecule has 1 aliphatic carbocycles. The van der Waals surface area contributed by atoms with Crippen molar-refractivity contribution in [2.75, 3.05) is 16.0 Å². The third kappa shape index (κ3) is 7.61. The maximum Gasteiger partial charge on any atom is 0.416 e. The number of carbonyl (C=O) groups is 3. The lowest BCUT2D eigenvalue weighted by Crippen LogP contribution is -2.28. The lowest BCUT2D eigenvalue weighted by Gasteiger charge is -2.20. The number of benzene rings is 3. The first-order chi connectivity index (χ1) is 20.7. The van der Waals surface area contributed by atoms with E-state index in [0.29, 0.717) is 6.07 Å². The number of carbonyl (C=O) groups excluding carboxylic acids is 3. The minimum Gasteiger partial charge on any atom is -0.444 e. The van der Waals surface area contributed by atoms with Gasteiger partial charge in [0, 0.05) is 11.6 Å². The molecule has 1 saturated carbocycles. The van der Waals surface area contributed by atoms with E-state index >= 15 is 4.39 Å². The van der Waals surface area contributed by atoms with Crippen LogP contribution in [-0.2, 0) is 15.7 Å². The van der Waals surface area contributed by atoms with E-state index in [0.717, 1.165) is 36.4 Å². The van der Waals surface area contributed by atoms with Crippen LogP contribution in [0.15, 0.2) is 48.5 Å². The molecule has 0 bridgehead atoms. The Balaban J connectivity index is 1.52. The molecule has 2 unspecified atom stereocenters. The van der Waals surface area contributed by atoms with Gasteiger partial charge >= 0.3 is 12.3 Å². The SMILES string of the molecule is CC(C)(C)OC(=O)Nc1c(F)ccc(NC(=O)c2cc(NC(=O)C3C(c4cc(F)cc(C(F)(F)F)c4)C3(Cl)Cl)ccc2F)c1F. The first-order valence-corrected chi connectivity index (χ1v) is 13.6. The number of nitrogens with one attached hydrogen (secondary N) is 3. The summed E-state index contributed by atoms with van der Waals surface area (Å²) < 4.78 is 100. The van der Waals surface area contributed by atoms with Crippen molar-refractivity contribution < 1.29 is 49.9 Å². The van der Waals surface area contributed by atoms with Crippen LogP contribution in [0.25, 0.3) is 0 Å². The van der Waals surface area contributed by atoms with Gasteiger partial charge in [0.15, 0.2) is 5.82 Å². The highest BCUT2D eigenvalue weighted by Gasteiger charge is 2.67. The summed E-state index contributed by atoms with van der Waals surface area (Å²) in [6, 6.07) is 5.86. The molecule has 1 aliphatic rings. The summed E-state index contributed by atoms with van der Waals surface area (Å²) in [5, 5.41) is 6.26. The second-order valence-electron chi connectivity index (χ2n) is 10.9. The van der Waals surface area contributed by atoms with Gasteiger partial charge in [-0.05, 0) is 74.9 Å². The van der Waals surface area contributed by atoms with E-state index in [1.807, 2.05) is 10.6 Å². The standard InChI is InChI=1S/C29H22Cl2F7N3O4/c1-27(2,3)45-26(44)41-23-18(34)6-7-19(22(23)35)40-24(42)16-11-15(4-5-17(16)33)39-25(43)21-20(28(21,30)31)12-8-13(29(36,37)38)10-14(32)9-12/h4-11,20-21H,1-3H3,(H,39,43)(H,40,42)(H,41,44). The first kappa shape index (κ1) is 33.8. The number of anilines is 3. The third-order valence-electron chi connectivity index (χ3n) is 6.39. The summed E-state index contributed by atoms with van der Waals surface area (Å²) in [5.74, 6) is -9.75. The number of hydrogen-bond acceptors (Lipinski definition) is 4. The molecular weight excluding hydrogens is 658 g/mol. The number of hydrogen-bond donors (Lipinski definition) is 3. The van der Waals surface area contributed by atoms with Gasteiger partial charge in [-0.15, -0.1) is 23.2 Å². The topological polar surface area (TPSA) is 96.5 Å². The Bertz CT molecular complexity index is 1690. The van der Waals surface area contributed by atoms with Gasteiger partial charge in [0.05, 0.1) is 22.7 Å². The Morgan fingerprint density at radius 2 is 1.49 bits per heavy atom. The zero-order valence-corrected chi connectivity index (χ0v) is 24.8. The normalized spacial score (nSPS) is 17.3. The predicted molar refractivity (Wildman–Crippen MR) is 151 cm³/mol. The molecule has 3 amide bonds. The van der Waals surface area contributed by atoms with E-state index in [2.05, 4.69) is 5.32 Å². The Morgan fingerprint density at radius 1 is 0.844 bits per heavy atom. The first-order valence-electron chi connectivity index (χ1n) is 12.8. The fourth-order valence-electron chi connectivity index (χ4n) is 4.38. The van der Waals surface area contributed by atoms with Gasteiger partial charge in [0.25, 0.3) is 5.91 Å². The Labute approximate surface area is 261 Å². The van der Waals surface area contributed by atoms with Crippen molar-refractivity contribution in [3.8, 4) is 0 Å². The summed E-state index contributed by atoms with van der Waals surface area (Å²) in [6.07, 6.45) is -6.07. The number of rotatable bonds is 6. The molecule has 0 spiro atoms. The van der Waals surface area contributed by atoms with Crippen LogP contribution in [-0.4, -0.2) is 27.8 Å². The summed E-state index contributed by atoms with van der Waals surface area (Å²) in [7, 11) is 0. The summed E-state index contributed by atoms with van der Waals surface area (Å²) in [4.78, 5) is 37.8. The maximum absolute atomic E-state index is 15.0. The second kappa shape index (κ2) is 12.0. The average Bonchev–Trinajstić information content (AvgIpc) is 3.49. The quantitative estimate of drug-likeness (QED) is 0.180. The van der Waals surface area contributed by atoms with E-state index in [9.17, 15) is 40.7 Å². The molecule has 0 aromatic heterocycles. The van der Waals surface area contributed by atoms with Crippen LogP contribution in [0.1, 0.15) is 48.2 Å². The Hall–Kier alpha value is -4.04. The van der Waals surface area contributed by atoms with Gasteiger partial charge < -0.3 is 15.4 Å². The fourth-order valence-corrected chi connectivity index (χ4v) is 5.21. The van der Waals surface area contributed by atoms with Gasteiger partial charge in [0.2, 0.25) is 5.91 Å². The number of amides is 3. The van der Waals surface area contributed by atoms with Crippen LogP contribution in [0.4, 0.5) is 52.6 Å². The molecule has 2 atom stereocenters. The third-order valence-corrected chi connectivity index (χ3v) is 7.33. The van der Waals surface area contributed by atoms with Gasteiger partial charge in [-0.3, -0.25) is 14.9 Å². The molecule has 4 rings (SSSR count). The van der Waals surface area contributed by atoms with Crippen molar-refractivity contribution in [3.63, 3.8) is 0 Å². The Morgan fingerprint density at radius 3 is 2.11 bits per heavy atom. The molecule has 0 aliphatic heterocycles. The molecule has 7 nitrogen and oxygen atoms in total. The highest BCUT2D eigenvalue weighted by atomic mass is 35.5. The lowest BCUT2D eigenvalue weighted by atomic mass is 10.0. The van der Waals surface area contributed by atoms with E-state index in [-0.39, 0.29) is 17.3 Å². The van der Waals surface area contributed by atoms with Crippen molar-refractivity contribution in [1.82, 2.24) is 0 Å². The highest BCUT2D eigenvalue weighted by Crippen LogP contribution is 2.65. The van der Waals surface area contributed by atoms with Crippen LogP contribution in [0, 0.1) is 29.2 Å². The largest absolute Gasteiger partial charge is 0.444 e. The fraction of sp³-hybridized carbons (Fsp3) is 0.276. The van der Waals surface area contributed by atoms with Gasteiger partial charge in [-0.2, -0.15) is 13.2 Å². The van der Waals surface area contributed by atoms with E-state index < -0.39 is 91.6 Å². The monoisotopic (exact) mass is 679 g/mol. The molecule has 240 valence electrons. The summed E-state index contributed by atoms with van der Waals surface area (Å²) >= 11 is 12.3. The highest BCUT2D eigenvalue weighted by molar-refractivity contribution is 6.53. The van der Waals surface area contributed by atoms with Crippen molar-refractivity contribution in [2.45, 2.75) is 42.8 Å². The van der Waals surface area contributed by atoms with Crippen molar-refractivity contribution in [1.29, 1.82) is 0 Å². The van der Waals surface area contributed by atoms with Crippen LogP contribution in [0.2, 0.25) is 0 Å². The van der Waals surface area contributed by atoms with Crippen LogP contribution in [0.5, 0.6) is 0 Å². The maximum atomic E-state index is 15.0. The molecule has 0 heterocycles. The number of halogens is 9. The van der Waals surface area contributed by atoms with Crippen LogP contribution in [0.3, 0.4) is 0 Å². The molecule has 45 heavy (non-hydrogen) atoms. The van der Waals surface area contributed by atoms with E-state index in [1.54, 1.807) is 0 Å². The van der Waals surface area contributed by atoms with Gasteiger partial charge in [-0.1, -0.05) is 0 Å². The molecule has 16 heteroatoms. The zero-order chi connectivity index (χ0) is 33.6. The predicted octanol–water partition coefficient (Wildman–Crippen LogP) is 8.39. The minimum atomic E-state index is -4.89.